The fraction of sp³-hybridized carbons (Fsp3) is 0.900. The van der Waals surface area contributed by atoms with E-state index in [9.17, 15) is 30.3 Å². The van der Waals surface area contributed by atoms with E-state index in [4.69, 9.17) is 0 Å². The van der Waals surface area contributed by atoms with Crippen molar-refractivity contribution >= 4 is 5.97 Å². The Bertz CT molecular complexity index is 963. The Kier molecular flexibility index (Phi) is 5.95. The molecule has 6 nitrogen and oxygen atoms in total. The van der Waals surface area contributed by atoms with Gasteiger partial charge < -0.3 is 25.5 Å². The zero-order chi connectivity index (χ0) is 26.6. The number of carbonyl (C=O) groups is 1. The average Bonchev–Trinajstić information content (AvgIpc) is 2.80. The van der Waals surface area contributed by atoms with Gasteiger partial charge in [-0.3, -0.25) is 4.79 Å². The third kappa shape index (κ3) is 2.96. The van der Waals surface area contributed by atoms with E-state index >= 15 is 0 Å². The Morgan fingerprint density at radius 1 is 1.00 bits per heavy atom. The third-order valence-corrected chi connectivity index (χ3v) is 13.4. The smallest absolute Gasteiger partial charge is 0.310 e. The number of carboxylic acids is 1. The SMILES string of the molecule is C[C@H]1[C@H](C)CC[C@]2(C(=O)O)CC[C@]3(C)C(=CC[C@@H]4[C@]5(C)C[C@@H](O)[C@H](O)[C@](C)(CO)[C@@H]5[C@@H](O)C[C@]43C)[C@H]12. The van der Waals surface area contributed by atoms with Crippen molar-refractivity contribution in [2.75, 3.05) is 6.61 Å². The average molecular weight is 505 g/mol. The number of fused-ring (bicyclic) bond motifs is 7. The largest absolute Gasteiger partial charge is 0.481 e. The third-order valence-electron chi connectivity index (χ3n) is 13.4. The van der Waals surface area contributed by atoms with Gasteiger partial charge in [-0.2, -0.15) is 0 Å². The lowest BCUT2D eigenvalue weighted by molar-refractivity contribution is -0.273. The van der Waals surface area contributed by atoms with E-state index in [0.29, 0.717) is 25.2 Å². The molecule has 0 amide bonds. The highest BCUT2D eigenvalue weighted by molar-refractivity contribution is 5.76. The fourth-order valence-electron chi connectivity index (χ4n) is 11.2. The molecule has 0 aliphatic heterocycles. The number of allylic oxidation sites excluding steroid dienone is 2. The van der Waals surface area contributed by atoms with Crippen molar-refractivity contribution in [3.8, 4) is 0 Å². The Balaban J connectivity index is 1.65. The van der Waals surface area contributed by atoms with E-state index in [0.717, 1.165) is 25.7 Å². The molecule has 0 aromatic rings. The maximum atomic E-state index is 12.8. The van der Waals surface area contributed by atoms with Crippen molar-refractivity contribution in [1.29, 1.82) is 0 Å². The van der Waals surface area contributed by atoms with Crippen LogP contribution < -0.4 is 0 Å². The molecule has 36 heavy (non-hydrogen) atoms. The number of hydrogen-bond acceptors (Lipinski definition) is 5. The van der Waals surface area contributed by atoms with Gasteiger partial charge in [0.15, 0.2) is 0 Å². The van der Waals surface area contributed by atoms with Gasteiger partial charge in [0.2, 0.25) is 0 Å². The van der Waals surface area contributed by atoms with Crippen LogP contribution in [0.5, 0.6) is 0 Å². The van der Waals surface area contributed by atoms with Gasteiger partial charge in [-0.15, -0.1) is 0 Å². The Hall–Kier alpha value is -0.950. The van der Waals surface area contributed by atoms with Crippen LogP contribution in [0.3, 0.4) is 0 Å². The van der Waals surface area contributed by atoms with E-state index in [1.54, 1.807) is 0 Å². The van der Waals surface area contributed by atoms with E-state index in [1.165, 1.54) is 5.57 Å². The second-order valence-corrected chi connectivity index (χ2v) is 14.6. The quantitative estimate of drug-likeness (QED) is 0.363. The number of aliphatic carboxylic acids is 1. The topological polar surface area (TPSA) is 118 Å². The summed E-state index contributed by atoms with van der Waals surface area (Å²) in [5, 5.41) is 54.7. The molecule has 0 bridgehead atoms. The van der Waals surface area contributed by atoms with Crippen molar-refractivity contribution in [1.82, 2.24) is 0 Å². The Morgan fingerprint density at radius 2 is 1.67 bits per heavy atom. The fourth-order valence-corrected chi connectivity index (χ4v) is 11.2. The molecule has 0 heterocycles. The molecule has 0 aromatic heterocycles. The van der Waals surface area contributed by atoms with Crippen molar-refractivity contribution in [2.45, 2.75) is 105 Å². The van der Waals surface area contributed by atoms with Crippen molar-refractivity contribution < 1.29 is 30.3 Å². The van der Waals surface area contributed by atoms with Crippen LogP contribution in [-0.2, 0) is 4.79 Å². The molecule has 4 saturated carbocycles. The molecule has 5 rings (SSSR count). The Morgan fingerprint density at radius 3 is 2.28 bits per heavy atom. The second-order valence-electron chi connectivity index (χ2n) is 14.6. The van der Waals surface area contributed by atoms with Crippen LogP contribution in [0.1, 0.15) is 86.5 Å². The number of aliphatic hydroxyl groups is 4. The maximum absolute atomic E-state index is 12.8. The van der Waals surface area contributed by atoms with Gasteiger partial charge >= 0.3 is 5.97 Å². The van der Waals surface area contributed by atoms with Crippen molar-refractivity contribution in [2.24, 2.45) is 56.7 Å². The van der Waals surface area contributed by atoms with Crippen molar-refractivity contribution in [3.63, 3.8) is 0 Å². The molecule has 5 aliphatic carbocycles. The summed E-state index contributed by atoms with van der Waals surface area (Å²) in [5.74, 6) is -0.0914. The minimum atomic E-state index is -1.08. The lowest BCUT2D eigenvalue weighted by Crippen LogP contribution is -2.71. The predicted molar refractivity (Wildman–Crippen MR) is 137 cm³/mol. The summed E-state index contributed by atoms with van der Waals surface area (Å²) < 4.78 is 0. The maximum Gasteiger partial charge on any atom is 0.310 e. The first-order chi connectivity index (χ1) is 16.6. The molecular weight excluding hydrogens is 456 g/mol. The minimum Gasteiger partial charge on any atom is -0.481 e. The minimum absolute atomic E-state index is 0.000534. The summed E-state index contributed by atoms with van der Waals surface area (Å²) in [6.07, 6.45) is 4.44. The molecule has 6 heteroatoms. The molecule has 4 fully saturated rings. The standard InChI is InChI=1S/C30H48O6/c1-16-9-10-30(25(35)36)12-11-28(5)18(22(30)17(16)2)7-8-21-26(3)13-20(33)24(34)27(4,15-31)23(26)19(32)14-29(21,28)6/h7,16-17,19-24,31-34H,8-15H2,1-6H3,(H,35,36)/t16-,17+,19+,20-,21-,22+,23-,24+,26+,27-,28-,29-,30+/m1/s1. The van der Waals surface area contributed by atoms with Crippen LogP contribution in [0.2, 0.25) is 0 Å². The number of carboxylic acid groups (broad SMARTS) is 1. The van der Waals surface area contributed by atoms with Gasteiger partial charge in [-0.25, -0.2) is 0 Å². The molecule has 13 atom stereocenters. The van der Waals surface area contributed by atoms with Crippen LogP contribution in [0.15, 0.2) is 11.6 Å². The molecule has 0 aromatic carbocycles. The number of rotatable bonds is 2. The van der Waals surface area contributed by atoms with Gasteiger partial charge in [-0.05, 0) is 84.9 Å². The second kappa shape index (κ2) is 8.03. The van der Waals surface area contributed by atoms with Gasteiger partial charge in [0.05, 0.1) is 30.3 Å². The highest BCUT2D eigenvalue weighted by Gasteiger charge is 2.72. The first kappa shape index (κ1) is 26.6. The van der Waals surface area contributed by atoms with Crippen LogP contribution in [0.25, 0.3) is 0 Å². The van der Waals surface area contributed by atoms with Gasteiger partial charge in [0.25, 0.3) is 0 Å². The van der Waals surface area contributed by atoms with Crippen LogP contribution in [-0.4, -0.2) is 56.4 Å². The highest BCUT2D eigenvalue weighted by atomic mass is 16.4. The first-order valence-corrected chi connectivity index (χ1v) is 14.2. The number of hydrogen-bond donors (Lipinski definition) is 5. The summed E-state index contributed by atoms with van der Waals surface area (Å²) in [7, 11) is 0. The van der Waals surface area contributed by atoms with E-state index in [-0.39, 0.29) is 41.1 Å². The van der Waals surface area contributed by atoms with Gasteiger partial charge in [0.1, 0.15) is 0 Å². The zero-order valence-electron chi connectivity index (χ0n) is 23.0. The monoisotopic (exact) mass is 504 g/mol. The molecular formula is C30H48O6. The lowest BCUT2D eigenvalue weighted by Gasteiger charge is -2.72. The molecule has 0 saturated heterocycles. The molecule has 0 radical (unpaired) electrons. The number of aliphatic hydroxyl groups excluding tert-OH is 4. The van der Waals surface area contributed by atoms with Gasteiger partial charge in [0, 0.05) is 11.3 Å². The van der Waals surface area contributed by atoms with Gasteiger partial charge in [-0.1, -0.05) is 53.2 Å². The van der Waals surface area contributed by atoms with Crippen LogP contribution in [0, 0.1) is 56.7 Å². The summed E-state index contributed by atoms with van der Waals surface area (Å²) >= 11 is 0. The highest BCUT2D eigenvalue weighted by Crippen LogP contribution is 2.75. The zero-order valence-corrected chi connectivity index (χ0v) is 23.0. The molecule has 5 N–H and O–H groups in total. The summed E-state index contributed by atoms with van der Waals surface area (Å²) in [4.78, 5) is 12.8. The predicted octanol–water partition coefficient (Wildman–Crippen LogP) is 4.00. The van der Waals surface area contributed by atoms with E-state index < -0.39 is 40.5 Å². The summed E-state index contributed by atoms with van der Waals surface area (Å²) in [5.41, 5.74) is -1.41. The lowest BCUT2D eigenvalue weighted by atomic mass is 9.32. The summed E-state index contributed by atoms with van der Waals surface area (Å²) in [6, 6.07) is 0. The molecule has 0 unspecified atom stereocenters. The summed E-state index contributed by atoms with van der Waals surface area (Å²) in [6.45, 7) is 12.8. The Labute approximate surface area is 216 Å². The molecule has 5 aliphatic rings. The van der Waals surface area contributed by atoms with E-state index in [2.05, 4.69) is 40.7 Å². The van der Waals surface area contributed by atoms with Crippen LogP contribution >= 0.6 is 0 Å². The van der Waals surface area contributed by atoms with E-state index in [1.807, 2.05) is 6.92 Å². The molecule has 204 valence electrons. The normalized spacial score (nSPS) is 58.6. The van der Waals surface area contributed by atoms with Crippen LogP contribution in [0.4, 0.5) is 0 Å². The molecule has 0 spiro atoms. The first-order valence-electron chi connectivity index (χ1n) is 14.2. The van der Waals surface area contributed by atoms with Crippen molar-refractivity contribution in [3.05, 3.63) is 11.6 Å².